The van der Waals surface area contributed by atoms with Crippen molar-refractivity contribution in [3.05, 3.63) is 44.3 Å². The smallest absolute Gasteiger partial charge is 0.337 e. The molecule has 16 heavy (non-hydrogen) atoms. The molecule has 2 nitrogen and oxygen atoms in total. The van der Waals surface area contributed by atoms with Crippen molar-refractivity contribution in [2.75, 3.05) is 0 Å². The SMILES string of the molecule is Cc1ccsc1/C=C(\C(=O)O)c1cccs1. The second-order valence-electron chi connectivity index (χ2n) is 3.31. The first-order valence-corrected chi connectivity index (χ1v) is 6.47. The zero-order chi connectivity index (χ0) is 11.5. The predicted molar refractivity (Wildman–Crippen MR) is 68.9 cm³/mol. The summed E-state index contributed by atoms with van der Waals surface area (Å²) in [6, 6.07) is 5.68. The quantitative estimate of drug-likeness (QED) is 0.842. The fraction of sp³-hybridized carbons (Fsp3) is 0.0833. The molecule has 0 unspecified atom stereocenters. The summed E-state index contributed by atoms with van der Waals surface area (Å²) in [6.07, 6.45) is 1.74. The van der Waals surface area contributed by atoms with Crippen LogP contribution in [-0.4, -0.2) is 11.1 Å². The van der Waals surface area contributed by atoms with Crippen LogP contribution in [0.2, 0.25) is 0 Å². The van der Waals surface area contributed by atoms with Gasteiger partial charge in [-0.3, -0.25) is 0 Å². The Bertz CT molecular complexity index is 521. The van der Waals surface area contributed by atoms with Gasteiger partial charge in [0, 0.05) is 9.75 Å². The van der Waals surface area contributed by atoms with E-state index in [0.717, 1.165) is 15.3 Å². The molecule has 0 saturated carbocycles. The third-order valence-electron chi connectivity index (χ3n) is 2.19. The number of aryl methyl sites for hydroxylation is 1. The monoisotopic (exact) mass is 250 g/mol. The maximum atomic E-state index is 11.2. The van der Waals surface area contributed by atoms with Crippen molar-refractivity contribution in [2.24, 2.45) is 0 Å². The highest BCUT2D eigenvalue weighted by atomic mass is 32.1. The summed E-state index contributed by atoms with van der Waals surface area (Å²) in [5.74, 6) is -0.879. The fourth-order valence-corrected chi connectivity index (χ4v) is 2.93. The third-order valence-corrected chi connectivity index (χ3v) is 4.06. The lowest BCUT2D eigenvalue weighted by molar-refractivity contribution is -0.130. The van der Waals surface area contributed by atoms with E-state index < -0.39 is 5.97 Å². The first-order valence-electron chi connectivity index (χ1n) is 4.71. The van der Waals surface area contributed by atoms with Gasteiger partial charge < -0.3 is 5.11 Å². The molecule has 2 aromatic rings. The molecule has 0 atom stereocenters. The van der Waals surface area contributed by atoms with Crippen LogP contribution < -0.4 is 0 Å². The summed E-state index contributed by atoms with van der Waals surface area (Å²) >= 11 is 3.00. The lowest BCUT2D eigenvalue weighted by Crippen LogP contribution is -1.97. The number of hydrogen-bond donors (Lipinski definition) is 1. The second kappa shape index (κ2) is 4.63. The number of thiophene rings is 2. The lowest BCUT2D eigenvalue weighted by atomic mass is 10.1. The molecule has 82 valence electrons. The average Bonchev–Trinajstić information content (AvgIpc) is 2.85. The minimum Gasteiger partial charge on any atom is -0.478 e. The van der Waals surface area contributed by atoms with E-state index in [1.165, 1.54) is 11.3 Å². The predicted octanol–water partition coefficient (Wildman–Crippen LogP) is 3.74. The second-order valence-corrected chi connectivity index (χ2v) is 5.20. The normalized spacial score (nSPS) is 11.7. The molecule has 0 saturated heterocycles. The summed E-state index contributed by atoms with van der Waals surface area (Å²) in [5.41, 5.74) is 1.47. The molecule has 0 aromatic carbocycles. The first-order chi connectivity index (χ1) is 7.68. The molecule has 2 heterocycles. The van der Waals surface area contributed by atoms with Crippen LogP contribution in [-0.2, 0) is 4.79 Å². The number of carboxylic acid groups (broad SMARTS) is 1. The number of hydrogen-bond acceptors (Lipinski definition) is 3. The van der Waals surface area contributed by atoms with Crippen molar-refractivity contribution in [3.63, 3.8) is 0 Å². The van der Waals surface area contributed by atoms with E-state index in [9.17, 15) is 9.90 Å². The molecule has 0 spiro atoms. The van der Waals surface area contributed by atoms with Crippen LogP contribution in [0.5, 0.6) is 0 Å². The van der Waals surface area contributed by atoms with Crippen LogP contribution in [0.15, 0.2) is 29.0 Å². The van der Waals surface area contributed by atoms with Gasteiger partial charge in [-0.05, 0) is 41.5 Å². The zero-order valence-corrected chi connectivity index (χ0v) is 10.3. The van der Waals surface area contributed by atoms with E-state index in [1.54, 1.807) is 17.4 Å². The highest BCUT2D eigenvalue weighted by Gasteiger charge is 2.12. The summed E-state index contributed by atoms with van der Waals surface area (Å²) in [5, 5.41) is 13.0. The van der Waals surface area contributed by atoms with E-state index in [-0.39, 0.29) is 0 Å². The van der Waals surface area contributed by atoms with Gasteiger partial charge in [0.15, 0.2) is 0 Å². The molecule has 0 bridgehead atoms. The van der Waals surface area contributed by atoms with E-state index in [2.05, 4.69) is 0 Å². The maximum Gasteiger partial charge on any atom is 0.337 e. The van der Waals surface area contributed by atoms with Crippen LogP contribution in [0.1, 0.15) is 15.3 Å². The zero-order valence-electron chi connectivity index (χ0n) is 8.64. The van der Waals surface area contributed by atoms with Crippen LogP contribution in [0, 0.1) is 6.92 Å². The minimum absolute atomic E-state index is 0.362. The van der Waals surface area contributed by atoms with E-state index >= 15 is 0 Å². The van der Waals surface area contributed by atoms with Crippen LogP contribution >= 0.6 is 22.7 Å². The minimum atomic E-state index is -0.879. The molecule has 4 heteroatoms. The summed E-state index contributed by atoms with van der Waals surface area (Å²) in [7, 11) is 0. The Morgan fingerprint density at radius 2 is 2.12 bits per heavy atom. The molecule has 0 aliphatic rings. The van der Waals surface area contributed by atoms with Gasteiger partial charge in [0.2, 0.25) is 0 Å². The Kier molecular flexibility index (Phi) is 3.22. The topological polar surface area (TPSA) is 37.3 Å². The molecule has 0 fully saturated rings. The molecule has 0 aliphatic carbocycles. The fourth-order valence-electron chi connectivity index (χ4n) is 1.33. The summed E-state index contributed by atoms with van der Waals surface area (Å²) in [6.45, 7) is 1.98. The van der Waals surface area contributed by atoms with E-state index in [4.69, 9.17) is 0 Å². The first kappa shape index (κ1) is 11.1. The van der Waals surface area contributed by atoms with Crippen LogP contribution in [0.3, 0.4) is 0 Å². The van der Waals surface area contributed by atoms with Crippen molar-refractivity contribution in [1.29, 1.82) is 0 Å². The molecule has 2 aromatic heterocycles. The maximum absolute atomic E-state index is 11.2. The Morgan fingerprint density at radius 1 is 1.31 bits per heavy atom. The molecule has 0 amide bonds. The van der Waals surface area contributed by atoms with Gasteiger partial charge >= 0.3 is 5.97 Å². The number of carbonyl (C=O) groups is 1. The van der Waals surface area contributed by atoms with Crippen LogP contribution in [0.4, 0.5) is 0 Å². The third kappa shape index (κ3) is 2.23. The largest absolute Gasteiger partial charge is 0.478 e. The van der Waals surface area contributed by atoms with Crippen LogP contribution in [0.25, 0.3) is 11.6 Å². The van der Waals surface area contributed by atoms with Crippen molar-refractivity contribution in [2.45, 2.75) is 6.92 Å². The Balaban J connectivity index is 2.45. The average molecular weight is 250 g/mol. The molecule has 2 rings (SSSR count). The van der Waals surface area contributed by atoms with Crippen molar-refractivity contribution < 1.29 is 9.90 Å². The van der Waals surface area contributed by atoms with E-state index in [1.807, 2.05) is 35.9 Å². The number of rotatable bonds is 3. The molecular weight excluding hydrogens is 240 g/mol. The van der Waals surface area contributed by atoms with Crippen molar-refractivity contribution >= 4 is 40.3 Å². The van der Waals surface area contributed by atoms with E-state index in [0.29, 0.717) is 5.57 Å². The van der Waals surface area contributed by atoms with Gasteiger partial charge in [-0.15, -0.1) is 22.7 Å². The summed E-state index contributed by atoms with van der Waals surface area (Å²) in [4.78, 5) is 13.0. The van der Waals surface area contributed by atoms with Gasteiger partial charge in [0.25, 0.3) is 0 Å². The molecular formula is C12H10O2S2. The highest BCUT2D eigenvalue weighted by molar-refractivity contribution is 7.12. The molecule has 1 N–H and O–H groups in total. The Hall–Kier alpha value is -1.39. The highest BCUT2D eigenvalue weighted by Crippen LogP contribution is 2.26. The molecule has 0 radical (unpaired) electrons. The lowest BCUT2D eigenvalue weighted by Gasteiger charge is -1.98. The summed E-state index contributed by atoms with van der Waals surface area (Å²) < 4.78 is 0. The van der Waals surface area contributed by atoms with Gasteiger partial charge in [-0.1, -0.05) is 6.07 Å². The van der Waals surface area contributed by atoms with Gasteiger partial charge in [0.05, 0.1) is 5.57 Å². The van der Waals surface area contributed by atoms with Gasteiger partial charge in [-0.25, -0.2) is 4.79 Å². The Labute approximate surface area is 101 Å². The standard InChI is InChI=1S/C12H10O2S2/c1-8-4-6-16-11(8)7-9(12(13)14)10-3-2-5-15-10/h2-7H,1H3,(H,13,14)/b9-7-. The van der Waals surface area contributed by atoms with Gasteiger partial charge in [0.1, 0.15) is 0 Å². The molecule has 0 aliphatic heterocycles. The van der Waals surface area contributed by atoms with Crippen molar-refractivity contribution in [3.8, 4) is 0 Å². The number of carboxylic acids is 1. The van der Waals surface area contributed by atoms with Crippen molar-refractivity contribution in [1.82, 2.24) is 0 Å². The van der Waals surface area contributed by atoms with Gasteiger partial charge in [-0.2, -0.15) is 0 Å². The number of aliphatic carboxylic acids is 1. The Morgan fingerprint density at radius 3 is 2.62 bits per heavy atom.